The maximum Gasteiger partial charge on any atom is 0.389 e. The molecule has 4 fully saturated rings. The van der Waals surface area contributed by atoms with Crippen molar-refractivity contribution in [2.45, 2.75) is 70.5 Å². The fourth-order valence-corrected chi connectivity index (χ4v) is 6.27. The first-order valence-corrected chi connectivity index (χ1v) is 9.29. The van der Waals surface area contributed by atoms with Crippen molar-refractivity contribution in [1.29, 1.82) is 0 Å². The van der Waals surface area contributed by atoms with E-state index in [9.17, 15) is 13.2 Å². The molecule has 0 aromatic heterocycles. The molecular formula is C16H26F3NS. The molecule has 122 valence electrons. The maximum atomic E-state index is 12.1. The van der Waals surface area contributed by atoms with Crippen LogP contribution in [0.15, 0.2) is 0 Å². The summed E-state index contributed by atoms with van der Waals surface area (Å²) in [6.45, 7) is 2.25. The summed E-state index contributed by atoms with van der Waals surface area (Å²) in [5.41, 5.74) is 0.436. The van der Waals surface area contributed by atoms with Crippen LogP contribution in [0.2, 0.25) is 0 Å². The number of nitrogens with one attached hydrogen (secondary N) is 1. The molecule has 0 saturated heterocycles. The van der Waals surface area contributed by atoms with Gasteiger partial charge < -0.3 is 0 Å². The van der Waals surface area contributed by atoms with Crippen molar-refractivity contribution in [2.24, 2.45) is 23.2 Å². The van der Waals surface area contributed by atoms with E-state index in [1.54, 1.807) is 0 Å². The monoisotopic (exact) mass is 321 g/mol. The number of alkyl halides is 3. The molecule has 4 bridgehead atoms. The maximum absolute atomic E-state index is 12.1. The molecular weight excluding hydrogens is 295 g/mol. The van der Waals surface area contributed by atoms with Crippen molar-refractivity contribution in [2.75, 3.05) is 5.75 Å². The second kappa shape index (κ2) is 5.95. The average molecular weight is 321 g/mol. The van der Waals surface area contributed by atoms with Crippen LogP contribution in [-0.2, 0) is 0 Å². The Morgan fingerprint density at radius 3 is 2.10 bits per heavy atom. The van der Waals surface area contributed by atoms with Crippen molar-refractivity contribution >= 4 is 11.9 Å². The summed E-state index contributed by atoms with van der Waals surface area (Å²) < 4.78 is 39.8. The lowest BCUT2D eigenvalue weighted by molar-refractivity contribution is -0.134. The first-order chi connectivity index (χ1) is 9.86. The molecule has 4 aliphatic carbocycles. The zero-order valence-electron chi connectivity index (χ0n) is 12.7. The number of hydrogen-bond donors (Lipinski definition) is 1. The van der Waals surface area contributed by atoms with E-state index in [1.165, 1.54) is 50.5 Å². The summed E-state index contributed by atoms with van der Waals surface area (Å²) >= 11 is 1.50. The lowest BCUT2D eigenvalue weighted by atomic mass is 9.48. The van der Waals surface area contributed by atoms with Crippen molar-refractivity contribution in [1.82, 2.24) is 4.72 Å². The van der Waals surface area contributed by atoms with Gasteiger partial charge in [0, 0.05) is 18.2 Å². The third-order valence-corrected chi connectivity index (χ3v) is 6.98. The van der Waals surface area contributed by atoms with E-state index in [0.29, 0.717) is 17.2 Å². The average Bonchev–Trinajstić information content (AvgIpc) is 2.35. The van der Waals surface area contributed by atoms with Gasteiger partial charge in [0.05, 0.1) is 0 Å². The molecule has 0 aliphatic heterocycles. The Balaban J connectivity index is 1.44. The van der Waals surface area contributed by atoms with Gasteiger partial charge in [0.2, 0.25) is 0 Å². The predicted octanol–water partition coefficient (Wildman–Crippen LogP) is 5.17. The summed E-state index contributed by atoms with van der Waals surface area (Å²) in [6.07, 6.45) is 3.89. The predicted molar refractivity (Wildman–Crippen MR) is 80.9 cm³/mol. The summed E-state index contributed by atoms with van der Waals surface area (Å²) in [4.78, 5) is 0. The van der Waals surface area contributed by atoms with E-state index in [2.05, 4.69) is 11.6 Å². The number of halogens is 3. The minimum absolute atomic E-state index is 0.217. The topological polar surface area (TPSA) is 12.0 Å². The highest BCUT2D eigenvalue weighted by Crippen LogP contribution is 2.61. The van der Waals surface area contributed by atoms with Gasteiger partial charge in [0.25, 0.3) is 0 Å². The summed E-state index contributed by atoms with van der Waals surface area (Å²) in [5, 5.41) is 0. The third kappa shape index (κ3) is 3.72. The van der Waals surface area contributed by atoms with Crippen LogP contribution in [0.3, 0.4) is 0 Å². The molecule has 0 heterocycles. The van der Waals surface area contributed by atoms with Crippen molar-refractivity contribution in [3.63, 3.8) is 0 Å². The third-order valence-electron chi connectivity index (χ3n) is 5.97. The van der Waals surface area contributed by atoms with Crippen LogP contribution in [0.5, 0.6) is 0 Å². The van der Waals surface area contributed by atoms with Crippen LogP contribution in [0.4, 0.5) is 13.2 Å². The first kappa shape index (κ1) is 16.0. The van der Waals surface area contributed by atoms with E-state index in [4.69, 9.17) is 0 Å². The normalized spacial score (nSPS) is 39.7. The van der Waals surface area contributed by atoms with Crippen LogP contribution in [0.1, 0.15) is 58.3 Å². The van der Waals surface area contributed by atoms with Crippen molar-refractivity contribution < 1.29 is 13.2 Å². The van der Waals surface area contributed by atoms with Gasteiger partial charge in [0.1, 0.15) is 0 Å². The smallest absolute Gasteiger partial charge is 0.261 e. The van der Waals surface area contributed by atoms with Gasteiger partial charge in [-0.15, -0.1) is 0 Å². The largest absolute Gasteiger partial charge is 0.389 e. The highest BCUT2D eigenvalue weighted by atomic mass is 32.2. The van der Waals surface area contributed by atoms with Crippen LogP contribution in [-0.4, -0.2) is 18.0 Å². The van der Waals surface area contributed by atoms with Gasteiger partial charge in [0.15, 0.2) is 0 Å². The van der Waals surface area contributed by atoms with Gasteiger partial charge in [-0.1, -0.05) is 11.9 Å². The van der Waals surface area contributed by atoms with Gasteiger partial charge in [-0.05, 0) is 75.0 Å². The molecule has 1 atom stereocenters. The highest BCUT2D eigenvalue weighted by Gasteiger charge is 2.53. The van der Waals surface area contributed by atoms with Gasteiger partial charge in [-0.2, -0.15) is 13.2 Å². The summed E-state index contributed by atoms with van der Waals surface area (Å²) in [5.74, 6) is 3.33. The lowest BCUT2D eigenvalue weighted by Crippen LogP contribution is -2.53. The van der Waals surface area contributed by atoms with E-state index in [1.807, 2.05) is 0 Å². The van der Waals surface area contributed by atoms with Crippen LogP contribution in [0.25, 0.3) is 0 Å². The van der Waals surface area contributed by atoms with Gasteiger partial charge in [-0.25, -0.2) is 0 Å². The Hall–Kier alpha value is 0.100. The first-order valence-electron chi connectivity index (χ1n) is 8.30. The standard InChI is InChI=1S/C16H26F3NS/c1-11(20-21-4-2-3-16(17,18)19)15-8-12-5-13(9-15)7-14(6-12)10-15/h11-14,20H,2-10H2,1H3. The summed E-state index contributed by atoms with van der Waals surface area (Å²) in [6, 6.07) is 0.432. The van der Waals surface area contributed by atoms with Crippen LogP contribution < -0.4 is 4.72 Å². The van der Waals surface area contributed by atoms with Gasteiger partial charge in [-0.3, -0.25) is 4.72 Å². The highest BCUT2D eigenvalue weighted by molar-refractivity contribution is 7.97. The molecule has 4 saturated carbocycles. The SMILES string of the molecule is CC(NSCCCC(F)(F)F)C12CC3CC(CC(C3)C1)C2. The Morgan fingerprint density at radius 1 is 1.10 bits per heavy atom. The Morgan fingerprint density at radius 2 is 1.62 bits per heavy atom. The molecule has 0 spiro atoms. The van der Waals surface area contributed by atoms with Crippen LogP contribution in [0, 0.1) is 23.2 Å². The van der Waals surface area contributed by atoms with Crippen molar-refractivity contribution in [3.05, 3.63) is 0 Å². The minimum Gasteiger partial charge on any atom is -0.261 e. The molecule has 21 heavy (non-hydrogen) atoms. The number of hydrogen-bond acceptors (Lipinski definition) is 2. The Bertz CT molecular complexity index is 334. The molecule has 0 amide bonds. The lowest BCUT2D eigenvalue weighted by Gasteiger charge is -2.59. The molecule has 5 heteroatoms. The molecule has 1 unspecified atom stereocenters. The Kier molecular flexibility index (Phi) is 4.53. The van der Waals surface area contributed by atoms with Crippen LogP contribution >= 0.6 is 11.9 Å². The fraction of sp³-hybridized carbons (Fsp3) is 1.00. The van der Waals surface area contributed by atoms with E-state index >= 15 is 0 Å². The fourth-order valence-electron chi connectivity index (χ4n) is 5.36. The zero-order valence-corrected chi connectivity index (χ0v) is 13.5. The van der Waals surface area contributed by atoms with E-state index < -0.39 is 12.6 Å². The minimum atomic E-state index is -4.01. The molecule has 0 radical (unpaired) electrons. The second-order valence-corrected chi connectivity index (χ2v) is 8.62. The van der Waals surface area contributed by atoms with Crippen molar-refractivity contribution in [3.8, 4) is 0 Å². The quantitative estimate of drug-likeness (QED) is 0.535. The number of rotatable bonds is 6. The Labute approximate surface area is 130 Å². The molecule has 0 aromatic carbocycles. The second-order valence-electron chi connectivity index (χ2n) is 7.69. The molecule has 1 nitrogen and oxygen atoms in total. The van der Waals surface area contributed by atoms with E-state index in [-0.39, 0.29) is 6.42 Å². The molecule has 4 rings (SSSR count). The van der Waals surface area contributed by atoms with E-state index in [0.717, 1.165) is 17.8 Å². The molecule has 1 N–H and O–H groups in total. The summed E-state index contributed by atoms with van der Waals surface area (Å²) in [7, 11) is 0. The molecule has 4 aliphatic rings. The van der Waals surface area contributed by atoms with Gasteiger partial charge >= 0.3 is 6.18 Å². The molecule has 0 aromatic rings. The zero-order chi connectivity index (χ0) is 15.1.